The van der Waals surface area contributed by atoms with Gasteiger partial charge >= 0.3 is 0 Å². The second kappa shape index (κ2) is 8.89. The highest BCUT2D eigenvalue weighted by Gasteiger charge is 2.11. The van der Waals surface area contributed by atoms with E-state index in [1.807, 2.05) is 24.4 Å². The van der Waals surface area contributed by atoms with E-state index in [-0.39, 0.29) is 5.91 Å². The van der Waals surface area contributed by atoms with Crippen LogP contribution in [0.25, 0.3) is 0 Å². The molecule has 3 rings (SSSR count). The molecule has 1 N–H and O–H groups in total. The minimum atomic E-state index is -0.155. The average molecular weight is 365 g/mol. The molecule has 0 saturated heterocycles. The molecule has 2 aromatic carbocycles. The normalized spacial score (nSPS) is 10.4. The SMILES string of the molecule is COc1ccc(C(=O)NCCc2nccn2Cc2ccccc2)cc1OC. The van der Waals surface area contributed by atoms with Crippen LogP contribution in [0, 0.1) is 0 Å². The van der Waals surface area contributed by atoms with Crippen LogP contribution in [0.1, 0.15) is 21.7 Å². The molecule has 0 fully saturated rings. The van der Waals surface area contributed by atoms with E-state index in [1.54, 1.807) is 38.6 Å². The number of rotatable bonds is 8. The number of hydrogen-bond donors (Lipinski definition) is 1. The monoisotopic (exact) mass is 365 g/mol. The summed E-state index contributed by atoms with van der Waals surface area (Å²) in [5.41, 5.74) is 1.74. The summed E-state index contributed by atoms with van der Waals surface area (Å²) in [4.78, 5) is 16.8. The Kier molecular flexibility index (Phi) is 6.10. The van der Waals surface area contributed by atoms with Crippen molar-refractivity contribution in [3.8, 4) is 11.5 Å². The fourth-order valence-corrected chi connectivity index (χ4v) is 2.86. The van der Waals surface area contributed by atoms with Gasteiger partial charge in [0.25, 0.3) is 5.91 Å². The first-order valence-electron chi connectivity index (χ1n) is 8.75. The molecule has 0 spiro atoms. The van der Waals surface area contributed by atoms with Crippen molar-refractivity contribution >= 4 is 5.91 Å². The molecule has 1 heterocycles. The first-order chi connectivity index (χ1) is 13.2. The van der Waals surface area contributed by atoms with E-state index in [0.29, 0.717) is 30.0 Å². The number of carbonyl (C=O) groups is 1. The first kappa shape index (κ1) is 18.5. The van der Waals surface area contributed by atoms with Gasteiger partial charge in [-0.25, -0.2) is 4.98 Å². The fraction of sp³-hybridized carbons (Fsp3) is 0.238. The van der Waals surface area contributed by atoms with Gasteiger partial charge in [0.2, 0.25) is 0 Å². The van der Waals surface area contributed by atoms with Crippen molar-refractivity contribution in [2.24, 2.45) is 0 Å². The minimum Gasteiger partial charge on any atom is -0.493 e. The lowest BCUT2D eigenvalue weighted by atomic mass is 10.2. The maximum absolute atomic E-state index is 12.4. The largest absolute Gasteiger partial charge is 0.493 e. The third-order valence-corrected chi connectivity index (χ3v) is 4.28. The highest BCUT2D eigenvalue weighted by atomic mass is 16.5. The van der Waals surface area contributed by atoms with E-state index in [9.17, 15) is 4.79 Å². The van der Waals surface area contributed by atoms with Gasteiger partial charge in [-0.05, 0) is 23.8 Å². The first-order valence-corrected chi connectivity index (χ1v) is 8.75. The van der Waals surface area contributed by atoms with Crippen molar-refractivity contribution in [2.45, 2.75) is 13.0 Å². The smallest absolute Gasteiger partial charge is 0.251 e. The summed E-state index contributed by atoms with van der Waals surface area (Å²) in [7, 11) is 3.11. The van der Waals surface area contributed by atoms with E-state index in [0.717, 1.165) is 12.4 Å². The highest BCUT2D eigenvalue weighted by molar-refractivity contribution is 5.94. The lowest BCUT2D eigenvalue weighted by Crippen LogP contribution is -2.26. The zero-order chi connectivity index (χ0) is 19.1. The molecule has 27 heavy (non-hydrogen) atoms. The standard InChI is InChI=1S/C21H23N3O3/c1-26-18-9-8-17(14-19(18)27-2)21(25)23-11-10-20-22-12-13-24(20)15-16-6-4-3-5-7-16/h3-9,12-14H,10-11,15H2,1-2H3,(H,23,25). The lowest BCUT2D eigenvalue weighted by Gasteiger charge is -2.11. The molecule has 6 heteroatoms. The van der Waals surface area contributed by atoms with Crippen LogP contribution in [0.15, 0.2) is 60.9 Å². The van der Waals surface area contributed by atoms with Crippen LogP contribution in [0.5, 0.6) is 11.5 Å². The van der Waals surface area contributed by atoms with Gasteiger partial charge in [-0.1, -0.05) is 30.3 Å². The van der Waals surface area contributed by atoms with Crippen LogP contribution in [-0.4, -0.2) is 36.2 Å². The summed E-state index contributed by atoms with van der Waals surface area (Å²) in [6, 6.07) is 15.3. The van der Waals surface area contributed by atoms with Crippen LogP contribution in [0.4, 0.5) is 0 Å². The van der Waals surface area contributed by atoms with Gasteiger partial charge in [0, 0.05) is 37.5 Å². The molecule has 0 saturated carbocycles. The zero-order valence-electron chi connectivity index (χ0n) is 15.5. The summed E-state index contributed by atoms with van der Waals surface area (Å²) < 4.78 is 12.5. The molecule has 0 radical (unpaired) electrons. The van der Waals surface area contributed by atoms with Gasteiger partial charge in [0.05, 0.1) is 14.2 Å². The van der Waals surface area contributed by atoms with Gasteiger partial charge in [-0.3, -0.25) is 4.79 Å². The number of nitrogens with one attached hydrogen (secondary N) is 1. The number of hydrogen-bond acceptors (Lipinski definition) is 4. The average Bonchev–Trinajstić information content (AvgIpc) is 3.15. The Morgan fingerprint density at radius 2 is 1.85 bits per heavy atom. The Morgan fingerprint density at radius 3 is 2.59 bits per heavy atom. The number of methoxy groups -OCH3 is 2. The Balaban J connectivity index is 1.57. The highest BCUT2D eigenvalue weighted by Crippen LogP contribution is 2.27. The molecule has 3 aromatic rings. The summed E-state index contributed by atoms with van der Waals surface area (Å²) in [5.74, 6) is 1.91. The Labute approximate surface area is 158 Å². The van der Waals surface area contributed by atoms with Gasteiger partial charge in [0.15, 0.2) is 11.5 Å². The maximum Gasteiger partial charge on any atom is 0.251 e. The number of imidazole rings is 1. The van der Waals surface area contributed by atoms with Gasteiger partial charge in [0.1, 0.15) is 5.82 Å². The predicted octanol–water partition coefficient (Wildman–Crippen LogP) is 2.92. The van der Waals surface area contributed by atoms with Crippen LogP contribution in [0.2, 0.25) is 0 Å². The topological polar surface area (TPSA) is 65.4 Å². The molecule has 0 atom stereocenters. The molecular weight excluding hydrogens is 342 g/mol. The van der Waals surface area contributed by atoms with E-state index in [2.05, 4.69) is 27.0 Å². The minimum absolute atomic E-state index is 0.155. The molecule has 0 aliphatic heterocycles. The van der Waals surface area contributed by atoms with Crippen LogP contribution in [-0.2, 0) is 13.0 Å². The number of amides is 1. The van der Waals surface area contributed by atoms with E-state index in [1.165, 1.54) is 5.56 Å². The third kappa shape index (κ3) is 4.67. The molecular formula is C21H23N3O3. The summed E-state index contributed by atoms with van der Waals surface area (Å²) in [5, 5.41) is 2.93. The molecule has 0 aliphatic rings. The van der Waals surface area contributed by atoms with Crippen molar-refractivity contribution in [1.29, 1.82) is 0 Å². The summed E-state index contributed by atoms with van der Waals surface area (Å²) in [6.07, 6.45) is 4.39. The van der Waals surface area contributed by atoms with Crippen LogP contribution >= 0.6 is 0 Å². The molecule has 1 aromatic heterocycles. The number of carbonyl (C=O) groups excluding carboxylic acids is 1. The van der Waals surface area contributed by atoms with Gasteiger partial charge < -0.3 is 19.4 Å². The van der Waals surface area contributed by atoms with Gasteiger partial charge in [-0.15, -0.1) is 0 Å². The van der Waals surface area contributed by atoms with E-state index >= 15 is 0 Å². The maximum atomic E-state index is 12.4. The summed E-state index contributed by atoms with van der Waals surface area (Å²) in [6.45, 7) is 1.26. The molecule has 0 bridgehead atoms. The Hall–Kier alpha value is -3.28. The molecule has 140 valence electrons. The second-order valence-electron chi connectivity index (χ2n) is 6.03. The summed E-state index contributed by atoms with van der Waals surface area (Å²) >= 11 is 0. The molecule has 0 aliphatic carbocycles. The lowest BCUT2D eigenvalue weighted by molar-refractivity contribution is 0.0953. The molecule has 0 unspecified atom stereocenters. The van der Waals surface area contributed by atoms with Gasteiger partial charge in [-0.2, -0.15) is 0 Å². The molecule has 1 amide bonds. The van der Waals surface area contributed by atoms with Crippen molar-refractivity contribution in [2.75, 3.05) is 20.8 Å². The molecule has 6 nitrogen and oxygen atoms in total. The zero-order valence-corrected chi connectivity index (χ0v) is 15.5. The Bertz CT molecular complexity index is 891. The van der Waals surface area contributed by atoms with Crippen LogP contribution < -0.4 is 14.8 Å². The van der Waals surface area contributed by atoms with Crippen molar-refractivity contribution in [3.63, 3.8) is 0 Å². The predicted molar refractivity (Wildman–Crippen MR) is 103 cm³/mol. The van der Waals surface area contributed by atoms with E-state index in [4.69, 9.17) is 9.47 Å². The number of nitrogens with zero attached hydrogens (tertiary/aromatic N) is 2. The van der Waals surface area contributed by atoms with Crippen molar-refractivity contribution < 1.29 is 14.3 Å². The number of ether oxygens (including phenoxy) is 2. The second-order valence-corrected chi connectivity index (χ2v) is 6.03. The quantitative estimate of drug-likeness (QED) is 0.667. The van der Waals surface area contributed by atoms with Crippen molar-refractivity contribution in [3.05, 3.63) is 77.9 Å². The third-order valence-electron chi connectivity index (χ3n) is 4.28. The fourth-order valence-electron chi connectivity index (χ4n) is 2.86. The van der Waals surface area contributed by atoms with Crippen LogP contribution in [0.3, 0.4) is 0 Å². The van der Waals surface area contributed by atoms with E-state index < -0.39 is 0 Å². The Morgan fingerprint density at radius 1 is 1.07 bits per heavy atom. The van der Waals surface area contributed by atoms with Crippen molar-refractivity contribution in [1.82, 2.24) is 14.9 Å². The number of aromatic nitrogens is 2. The number of benzene rings is 2.